The van der Waals surface area contributed by atoms with Crippen molar-refractivity contribution in [3.63, 3.8) is 0 Å². The largest absolute Gasteiger partial charge is 0.456 e. The maximum atomic E-state index is 12.2. The van der Waals surface area contributed by atoms with Gasteiger partial charge in [-0.1, -0.05) is 12.1 Å². The Kier molecular flexibility index (Phi) is 4.02. The zero-order chi connectivity index (χ0) is 14.5. The monoisotopic (exact) mass is 296 g/mol. The van der Waals surface area contributed by atoms with Gasteiger partial charge in [0.1, 0.15) is 16.5 Å². The minimum absolute atomic E-state index is 0.0292. The summed E-state index contributed by atoms with van der Waals surface area (Å²) >= 11 is 1.48. The van der Waals surface area contributed by atoms with Gasteiger partial charge in [0.05, 0.1) is 12.6 Å². The van der Waals surface area contributed by atoms with Gasteiger partial charge >= 0.3 is 0 Å². The summed E-state index contributed by atoms with van der Waals surface area (Å²) < 4.78 is 5.68. The number of ether oxygens (including phenoxy) is 1. The SMILES string of the molecule is O=C(Cc1nccs1)c1cccc(Oc2cccnc2)c1. The van der Waals surface area contributed by atoms with E-state index < -0.39 is 0 Å². The molecule has 0 radical (unpaired) electrons. The maximum absolute atomic E-state index is 12.2. The van der Waals surface area contributed by atoms with E-state index in [1.54, 1.807) is 42.9 Å². The summed E-state index contributed by atoms with van der Waals surface area (Å²) in [5.74, 6) is 1.29. The summed E-state index contributed by atoms with van der Waals surface area (Å²) in [7, 11) is 0. The highest BCUT2D eigenvalue weighted by Crippen LogP contribution is 2.22. The highest BCUT2D eigenvalue weighted by atomic mass is 32.1. The Morgan fingerprint density at radius 2 is 2.05 bits per heavy atom. The number of nitrogens with zero attached hydrogens (tertiary/aromatic N) is 2. The van der Waals surface area contributed by atoms with Crippen molar-refractivity contribution in [1.29, 1.82) is 0 Å². The van der Waals surface area contributed by atoms with Crippen molar-refractivity contribution < 1.29 is 9.53 Å². The molecule has 2 heterocycles. The third-order valence-electron chi connectivity index (χ3n) is 2.82. The van der Waals surface area contributed by atoms with Crippen LogP contribution in [0.25, 0.3) is 0 Å². The van der Waals surface area contributed by atoms with Gasteiger partial charge in [0.2, 0.25) is 0 Å². The first-order valence-corrected chi connectivity index (χ1v) is 7.29. The van der Waals surface area contributed by atoms with Crippen molar-refractivity contribution in [2.24, 2.45) is 0 Å². The Balaban J connectivity index is 1.75. The zero-order valence-electron chi connectivity index (χ0n) is 11.1. The molecule has 4 nitrogen and oxygen atoms in total. The van der Waals surface area contributed by atoms with Crippen molar-refractivity contribution in [2.75, 3.05) is 0 Å². The van der Waals surface area contributed by atoms with Crippen LogP contribution >= 0.6 is 11.3 Å². The third kappa shape index (κ3) is 3.52. The number of rotatable bonds is 5. The standard InChI is InChI=1S/C16H12N2O2S/c19-15(10-16-18-7-8-21-16)12-3-1-4-13(9-12)20-14-5-2-6-17-11-14/h1-9,11H,10H2. The second-order valence-corrected chi connectivity index (χ2v) is 5.32. The van der Waals surface area contributed by atoms with E-state index in [2.05, 4.69) is 9.97 Å². The van der Waals surface area contributed by atoms with Crippen LogP contribution in [0.4, 0.5) is 0 Å². The molecule has 1 aromatic carbocycles. The lowest BCUT2D eigenvalue weighted by Gasteiger charge is -2.06. The zero-order valence-corrected chi connectivity index (χ0v) is 11.9. The molecule has 0 aliphatic rings. The molecule has 0 saturated carbocycles. The van der Waals surface area contributed by atoms with Gasteiger partial charge < -0.3 is 4.74 Å². The van der Waals surface area contributed by atoms with E-state index in [0.717, 1.165) is 5.01 Å². The molecule has 0 N–H and O–H groups in total. The van der Waals surface area contributed by atoms with E-state index >= 15 is 0 Å². The van der Waals surface area contributed by atoms with Gasteiger partial charge in [-0.05, 0) is 24.3 Å². The van der Waals surface area contributed by atoms with Crippen molar-refractivity contribution in [2.45, 2.75) is 6.42 Å². The topological polar surface area (TPSA) is 52.1 Å². The fourth-order valence-electron chi connectivity index (χ4n) is 1.86. The van der Waals surface area contributed by atoms with E-state index in [1.807, 2.05) is 17.5 Å². The molecule has 0 fully saturated rings. The maximum Gasteiger partial charge on any atom is 0.169 e. The number of pyridine rings is 1. The van der Waals surface area contributed by atoms with Crippen LogP contribution in [0.15, 0.2) is 60.4 Å². The predicted molar refractivity (Wildman–Crippen MR) is 80.9 cm³/mol. The Labute approximate surface area is 126 Å². The minimum Gasteiger partial charge on any atom is -0.456 e. The van der Waals surface area contributed by atoms with Gasteiger partial charge in [-0.25, -0.2) is 4.98 Å². The molecule has 2 aromatic heterocycles. The molecule has 0 unspecified atom stereocenters. The van der Waals surface area contributed by atoms with Crippen molar-refractivity contribution >= 4 is 17.1 Å². The number of hydrogen-bond acceptors (Lipinski definition) is 5. The van der Waals surface area contributed by atoms with Crippen LogP contribution < -0.4 is 4.74 Å². The number of ketones is 1. The lowest BCUT2D eigenvalue weighted by Crippen LogP contribution is -2.03. The summed E-state index contributed by atoms with van der Waals surface area (Å²) in [5.41, 5.74) is 0.617. The smallest absolute Gasteiger partial charge is 0.169 e. The number of Topliss-reactive ketones (excluding diaryl/α,β-unsaturated/α-hetero) is 1. The molecule has 104 valence electrons. The summed E-state index contributed by atoms with van der Waals surface area (Å²) in [6, 6.07) is 10.8. The summed E-state index contributed by atoms with van der Waals surface area (Å²) in [5, 5.41) is 2.68. The summed E-state index contributed by atoms with van der Waals surface area (Å²) in [6.45, 7) is 0. The molecule has 3 aromatic rings. The lowest BCUT2D eigenvalue weighted by molar-refractivity contribution is 0.0992. The molecule has 0 aliphatic heterocycles. The molecule has 21 heavy (non-hydrogen) atoms. The van der Waals surface area contributed by atoms with E-state index in [4.69, 9.17) is 4.74 Å². The molecule has 3 rings (SSSR count). The van der Waals surface area contributed by atoms with E-state index in [9.17, 15) is 4.79 Å². The van der Waals surface area contributed by atoms with Gasteiger partial charge in [0.25, 0.3) is 0 Å². The molecule has 0 atom stereocenters. The highest BCUT2D eigenvalue weighted by molar-refractivity contribution is 7.09. The van der Waals surface area contributed by atoms with Crippen LogP contribution in [0.5, 0.6) is 11.5 Å². The first-order valence-electron chi connectivity index (χ1n) is 6.41. The van der Waals surface area contributed by atoms with E-state index in [0.29, 0.717) is 23.5 Å². The van der Waals surface area contributed by atoms with Crippen LogP contribution in [0.1, 0.15) is 15.4 Å². The van der Waals surface area contributed by atoms with Gasteiger partial charge in [-0.2, -0.15) is 0 Å². The fourth-order valence-corrected chi connectivity index (χ4v) is 2.47. The normalized spacial score (nSPS) is 10.3. The summed E-state index contributed by atoms with van der Waals surface area (Å²) in [4.78, 5) is 20.3. The number of hydrogen-bond donors (Lipinski definition) is 0. The average Bonchev–Trinajstić information content (AvgIpc) is 3.01. The molecule has 0 spiro atoms. The van der Waals surface area contributed by atoms with Crippen molar-refractivity contribution in [3.05, 3.63) is 70.9 Å². The third-order valence-corrected chi connectivity index (χ3v) is 3.60. The van der Waals surface area contributed by atoms with Crippen LogP contribution in [-0.2, 0) is 6.42 Å². The molecular weight excluding hydrogens is 284 g/mol. The Hall–Kier alpha value is -2.53. The van der Waals surface area contributed by atoms with Crippen LogP contribution in [0, 0.1) is 0 Å². The molecule has 0 amide bonds. The Bertz CT molecular complexity index is 727. The van der Waals surface area contributed by atoms with Crippen LogP contribution in [0.3, 0.4) is 0 Å². The molecule has 0 aliphatic carbocycles. The van der Waals surface area contributed by atoms with Gasteiger partial charge in [-0.3, -0.25) is 9.78 Å². The Morgan fingerprint density at radius 1 is 1.14 bits per heavy atom. The predicted octanol–water partition coefficient (Wildman–Crippen LogP) is 3.76. The van der Waals surface area contributed by atoms with Gasteiger partial charge in [-0.15, -0.1) is 11.3 Å². The minimum atomic E-state index is 0.0292. The number of carbonyl (C=O) groups is 1. The quantitative estimate of drug-likeness (QED) is 0.673. The average molecular weight is 296 g/mol. The van der Waals surface area contributed by atoms with Crippen molar-refractivity contribution in [1.82, 2.24) is 9.97 Å². The van der Waals surface area contributed by atoms with Crippen molar-refractivity contribution in [3.8, 4) is 11.5 Å². The first kappa shape index (κ1) is 13.5. The van der Waals surface area contributed by atoms with Gasteiger partial charge in [0, 0.05) is 23.3 Å². The van der Waals surface area contributed by atoms with Crippen LogP contribution in [-0.4, -0.2) is 15.8 Å². The second-order valence-electron chi connectivity index (χ2n) is 4.34. The molecular formula is C16H12N2O2S. The van der Waals surface area contributed by atoms with E-state index in [-0.39, 0.29) is 5.78 Å². The Morgan fingerprint density at radius 3 is 2.81 bits per heavy atom. The highest BCUT2D eigenvalue weighted by Gasteiger charge is 2.10. The van der Waals surface area contributed by atoms with E-state index in [1.165, 1.54) is 11.3 Å². The number of benzene rings is 1. The fraction of sp³-hybridized carbons (Fsp3) is 0.0625. The molecule has 0 bridgehead atoms. The molecule has 5 heteroatoms. The number of thiazole rings is 1. The number of aromatic nitrogens is 2. The van der Waals surface area contributed by atoms with Crippen LogP contribution in [0.2, 0.25) is 0 Å². The summed E-state index contributed by atoms with van der Waals surface area (Å²) in [6.07, 6.45) is 5.33. The lowest BCUT2D eigenvalue weighted by atomic mass is 10.1. The first-order chi connectivity index (χ1) is 10.3. The molecule has 0 saturated heterocycles. The van der Waals surface area contributed by atoms with Gasteiger partial charge in [0.15, 0.2) is 5.78 Å². The second kappa shape index (κ2) is 6.28. The number of carbonyl (C=O) groups excluding carboxylic acids is 1.